The smallest absolute Gasteiger partial charge is 0.268 e. The molecule has 4 heteroatoms. The second kappa shape index (κ2) is 8.78. The van der Waals surface area contributed by atoms with Gasteiger partial charge in [-0.25, -0.2) is 0 Å². The Bertz CT molecular complexity index is 1000. The Morgan fingerprint density at radius 3 is 1.88 bits per heavy atom. The molecule has 4 saturated carbocycles. The summed E-state index contributed by atoms with van der Waals surface area (Å²) < 4.78 is 0. The van der Waals surface area contributed by atoms with Crippen LogP contribution in [0.5, 0.6) is 0 Å². The number of benzene rings is 2. The zero-order chi connectivity index (χ0) is 22.0. The van der Waals surface area contributed by atoms with E-state index in [9.17, 15) is 9.59 Å². The Hall–Kier alpha value is -3.14. The molecule has 6 rings (SSSR count). The molecule has 0 heterocycles. The van der Waals surface area contributed by atoms with Crippen molar-refractivity contribution in [3.63, 3.8) is 0 Å². The number of carbonyl (C=O) groups is 2. The number of rotatable bonds is 6. The van der Waals surface area contributed by atoms with Crippen LogP contribution in [0.4, 0.5) is 0 Å². The normalized spacial score (nSPS) is 28.6. The second-order valence-corrected chi connectivity index (χ2v) is 9.85. The predicted octanol–water partition coefficient (Wildman–Crippen LogP) is 4.94. The average molecular weight is 427 g/mol. The van der Waals surface area contributed by atoms with Crippen LogP contribution in [0.15, 0.2) is 72.4 Å². The Kier molecular flexibility index (Phi) is 5.69. The third-order valence-corrected chi connectivity index (χ3v) is 7.26. The van der Waals surface area contributed by atoms with Gasteiger partial charge in [0.05, 0.1) is 0 Å². The maximum Gasteiger partial charge on any atom is 0.268 e. The number of nitrogens with one attached hydrogen (secondary N) is 2. The molecule has 0 spiro atoms. The Morgan fingerprint density at radius 1 is 0.781 bits per heavy atom. The van der Waals surface area contributed by atoms with Crippen molar-refractivity contribution in [2.75, 3.05) is 0 Å². The average Bonchev–Trinajstić information content (AvgIpc) is 2.77. The van der Waals surface area contributed by atoms with Crippen molar-refractivity contribution in [1.29, 1.82) is 0 Å². The Morgan fingerprint density at radius 2 is 1.31 bits per heavy atom. The van der Waals surface area contributed by atoms with Crippen LogP contribution in [0, 0.1) is 17.8 Å². The molecule has 0 aromatic heterocycles. The molecule has 0 saturated heterocycles. The van der Waals surface area contributed by atoms with Crippen LogP contribution < -0.4 is 10.6 Å². The molecule has 4 fully saturated rings. The van der Waals surface area contributed by atoms with E-state index in [2.05, 4.69) is 10.6 Å². The third-order valence-electron chi connectivity index (χ3n) is 7.26. The van der Waals surface area contributed by atoms with E-state index in [1.54, 1.807) is 12.2 Å². The standard InChI is InChI=1S/C28H30N2O2/c31-26(12-11-20-7-3-1-4-8-20)29-25(16-21-9-5-2-6-10-21)27(32)30-28-17-22-13-23(18-28)15-24(14-22)19-28/h1-12,16,22-24H,13-15,17-19H2,(H,29,31)(H,30,32)/b12-11?,25-16-. The third kappa shape index (κ3) is 4.69. The first-order valence-electron chi connectivity index (χ1n) is 11.7. The van der Waals surface area contributed by atoms with Crippen LogP contribution in [-0.2, 0) is 9.59 Å². The summed E-state index contributed by atoms with van der Waals surface area (Å²) in [5, 5.41) is 6.22. The topological polar surface area (TPSA) is 58.2 Å². The van der Waals surface area contributed by atoms with E-state index >= 15 is 0 Å². The number of carbonyl (C=O) groups excluding carboxylic acids is 2. The van der Waals surface area contributed by atoms with Crippen molar-refractivity contribution in [3.8, 4) is 0 Å². The maximum absolute atomic E-state index is 13.4. The van der Waals surface area contributed by atoms with Crippen LogP contribution in [0.2, 0.25) is 0 Å². The largest absolute Gasteiger partial charge is 0.345 e. The first-order chi connectivity index (χ1) is 15.6. The molecule has 2 aromatic rings. The lowest BCUT2D eigenvalue weighted by Gasteiger charge is -2.56. The molecule has 4 bridgehead atoms. The fraction of sp³-hybridized carbons (Fsp3) is 0.357. The van der Waals surface area contributed by atoms with Gasteiger partial charge < -0.3 is 10.6 Å². The van der Waals surface area contributed by atoms with Gasteiger partial charge in [-0.1, -0.05) is 60.7 Å². The summed E-state index contributed by atoms with van der Waals surface area (Å²) >= 11 is 0. The van der Waals surface area contributed by atoms with Crippen molar-refractivity contribution in [3.05, 3.63) is 83.6 Å². The quantitative estimate of drug-likeness (QED) is 0.643. The summed E-state index contributed by atoms with van der Waals surface area (Å²) in [4.78, 5) is 26.1. The summed E-state index contributed by atoms with van der Waals surface area (Å²) in [6.07, 6.45) is 12.2. The first-order valence-corrected chi connectivity index (χ1v) is 11.7. The highest BCUT2D eigenvalue weighted by Crippen LogP contribution is 2.55. The minimum absolute atomic E-state index is 0.105. The number of hydrogen-bond acceptors (Lipinski definition) is 2. The summed E-state index contributed by atoms with van der Waals surface area (Å²) in [5.41, 5.74) is 2.02. The van der Waals surface area contributed by atoms with Crippen molar-refractivity contribution < 1.29 is 9.59 Å². The highest BCUT2D eigenvalue weighted by molar-refractivity contribution is 6.04. The zero-order valence-electron chi connectivity index (χ0n) is 18.3. The summed E-state index contributed by atoms with van der Waals surface area (Å²) in [6.45, 7) is 0. The van der Waals surface area contributed by atoms with E-state index in [1.165, 1.54) is 25.3 Å². The monoisotopic (exact) mass is 426 g/mol. The van der Waals surface area contributed by atoms with Crippen molar-refractivity contribution in [2.45, 2.75) is 44.1 Å². The molecule has 2 aromatic carbocycles. The van der Waals surface area contributed by atoms with Gasteiger partial charge in [0.15, 0.2) is 0 Å². The first kappa shape index (κ1) is 20.7. The molecule has 0 aliphatic heterocycles. The van der Waals surface area contributed by atoms with Crippen molar-refractivity contribution in [1.82, 2.24) is 10.6 Å². The van der Waals surface area contributed by atoms with Gasteiger partial charge >= 0.3 is 0 Å². The molecule has 4 aliphatic carbocycles. The zero-order valence-corrected chi connectivity index (χ0v) is 18.3. The van der Waals surface area contributed by atoms with Gasteiger partial charge in [0.2, 0.25) is 5.91 Å². The van der Waals surface area contributed by atoms with E-state index in [0.717, 1.165) is 48.1 Å². The van der Waals surface area contributed by atoms with E-state index in [4.69, 9.17) is 0 Å². The van der Waals surface area contributed by atoms with Gasteiger partial charge in [-0.2, -0.15) is 0 Å². The molecule has 2 N–H and O–H groups in total. The number of hydrogen-bond donors (Lipinski definition) is 2. The highest BCUT2D eigenvalue weighted by Gasteiger charge is 2.51. The van der Waals surface area contributed by atoms with E-state index in [0.29, 0.717) is 5.70 Å². The maximum atomic E-state index is 13.4. The Balaban J connectivity index is 1.34. The molecule has 0 radical (unpaired) electrons. The molecular weight excluding hydrogens is 396 g/mol. The fourth-order valence-electron chi connectivity index (χ4n) is 6.36. The van der Waals surface area contributed by atoms with Gasteiger partial charge in [0.25, 0.3) is 5.91 Å². The summed E-state index contributed by atoms with van der Waals surface area (Å²) in [5.74, 6) is 1.73. The molecular formula is C28H30N2O2. The molecule has 0 unspecified atom stereocenters. The van der Waals surface area contributed by atoms with Crippen LogP contribution in [0.1, 0.15) is 49.7 Å². The van der Waals surface area contributed by atoms with Crippen LogP contribution in [-0.4, -0.2) is 17.4 Å². The van der Waals surface area contributed by atoms with E-state index in [1.807, 2.05) is 60.7 Å². The molecule has 32 heavy (non-hydrogen) atoms. The minimum Gasteiger partial charge on any atom is -0.345 e. The fourth-order valence-corrected chi connectivity index (χ4v) is 6.36. The van der Waals surface area contributed by atoms with Crippen LogP contribution in [0.3, 0.4) is 0 Å². The summed E-state index contributed by atoms with van der Waals surface area (Å²) in [6, 6.07) is 19.3. The lowest BCUT2D eigenvalue weighted by atomic mass is 9.53. The van der Waals surface area contributed by atoms with Crippen molar-refractivity contribution in [2.24, 2.45) is 17.8 Å². The van der Waals surface area contributed by atoms with E-state index < -0.39 is 0 Å². The van der Waals surface area contributed by atoms with Gasteiger partial charge in [0, 0.05) is 11.6 Å². The Labute approximate surface area is 189 Å². The highest BCUT2D eigenvalue weighted by atomic mass is 16.2. The summed E-state index contributed by atoms with van der Waals surface area (Å²) in [7, 11) is 0. The SMILES string of the molecule is O=C(C=Cc1ccccc1)N/C(=C\c1ccccc1)C(=O)NC12CC3CC(CC(C3)C1)C2. The van der Waals surface area contributed by atoms with E-state index in [-0.39, 0.29) is 17.4 Å². The second-order valence-electron chi connectivity index (χ2n) is 9.85. The number of amides is 2. The molecule has 2 amide bonds. The van der Waals surface area contributed by atoms with Gasteiger partial charge in [0.1, 0.15) is 5.70 Å². The van der Waals surface area contributed by atoms with Gasteiger partial charge in [-0.05, 0) is 79.6 Å². The molecule has 0 atom stereocenters. The minimum atomic E-state index is -0.309. The van der Waals surface area contributed by atoms with Gasteiger partial charge in [-0.15, -0.1) is 0 Å². The molecule has 4 nitrogen and oxygen atoms in total. The predicted molar refractivity (Wildman–Crippen MR) is 127 cm³/mol. The molecule has 4 aliphatic rings. The van der Waals surface area contributed by atoms with Crippen LogP contribution >= 0.6 is 0 Å². The lowest BCUT2D eigenvalue weighted by molar-refractivity contribution is -0.125. The van der Waals surface area contributed by atoms with Gasteiger partial charge in [-0.3, -0.25) is 9.59 Å². The lowest BCUT2D eigenvalue weighted by Crippen LogP contribution is -2.60. The van der Waals surface area contributed by atoms with Crippen molar-refractivity contribution >= 4 is 24.0 Å². The van der Waals surface area contributed by atoms with Crippen LogP contribution in [0.25, 0.3) is 12.2 Å². The molecule has 164 valence electrons.